The van der Waals surface area contributed by atoms with Crippen LogP contribution >= 0.6 is 23.6 Å². The molecule has 0 radical (unpaired) electrons. The van der Waals surface area contributed by atoms with Gasteiger partial charge in [-0.1, -0.05) is 35.6 Å². The SMILES string of the molecule is Cc1nn(C[NH+]2CCc3ccccc3C2)c(=S)s1. The third-order valence-corrected chi connectivity index (χ3v) is 4.61. The molecule has 0 fully saturated rings. The molecule has 1 aliphatic heterocycles. The first-order chi connectivity index (χ1) is 8.72. The van der Waals surface area contributed by atoms with E-state index in [9.17, 15) is 0 Å². The summed E-state index contributed by atoms with van der Waals surface area (Å²) in [6.45, 7) is 5.14. The van der Waals surface area contributed by atoms with Crippen LogP contribution in [0.1, 0.15) is 16.1 Å². The average Bonchev–Trinajstić information content (AvgIpc) is 2.68. The summed E-state index contributed by atoms with van der Waals surface area (Å²) in [4.78, 5) is 1.54. The van der Waals surface area contributed by atoms with Gasteiger partial charge < -0.3 is 4.90 Å². The predicted molar refractivity (Wildman–Crippen MR) is 75.4 cm³/mol. The van der Waals surface area contributed by atoms with Crippen molar-refractivity contribution in [3.8, 4) is 0 Å². The molecule has 1 aromatic carbocycles. The third-order valence-electron chi connectivity index (χ3n) is 3.39. The Labute approximate surface area is 116 Å². The maximum absolute atomic E-state index is 5.32. The number of rotatable bonds is 2. The monoisotopic (exact) mass is 278 g/mol. The fraction of sp³-hybridized carbons (Fsp3) is 0.385. The van der Waals surface area contributed by atoms with Gasteiger partial charge in [-0.3, -0.25) is 0 Å². The van der Waals surface area contributed by atoms with Crippen molar-refractivity contribution in [2.24, 2.45) is 0 Å². The molecule has 2 heterocycles. The molecule has 1 unspecified atom stereocenters. The van der Waals surface area contributed by atoms with Crippen molar-refractivity contribution in [3.05, 3.63) is 44.4 Å². The summed E-state index contributed by atoms with van der Waals surface area (Å²) >= 11 is 6.92. The number of nitrogens with zero attached hydrogens (tertiary/aromatic N) is 2. The van der Waals surface area contributed by atoms with E-state index in [1.54, 1.807) is 11.3 Å². The van der Waals surface area contributed by atoms with Gasteiger partial charge in [-0.15, -0.1) is 0 Å². The third kappa shape index (κ3) is 2.39. The van der Waals surface area contributed by atoms with Gasteiger partial charge in [-0.2, -0.15) is 9.78 Å². The molecular weight excluding hydrogens is 262 g/mol. The van der Waals surface area contributed by atoms with E-state index in [2.05, 4.69) is 29.4 Å². The van der Waals surface area contributed by atoms with Gasteiger partial charge in [0.05, 0.1) is 6.54 Å². The molecule has 0 saturated carbocycles. The lowest BCUT2D eigenvalue weighted by atomic mass is 10.0. The average molecular weight is 278 g/mol. The molecule has 1 N–H and O–H groups in total. The smallest absolute Gasteiger partial charge is 0.184 e. The molecule has 0 bridgehead atoms. The van der Waals surface area contributed by atoms with Crippen LogP contribution in [0, 0.1) is 10.9 Å². The highest BCUT2D eigenvalue weighted by Gasteiger charge is 2.19. The molecule has 0 amide bonds. The molecule has 0 saturated heterocycles. The molecule has 18 heavy (non-hydrogen) atoms. The first kappa shape index (κ1) is 12.0. The van der Waals surface area contributed by atoms with Crippen molar-refractivity contribution in [1.29, 1.82) is 0 Å². The molecule has 3 nitrogen and oxygen atoms in total. The van der Waals surface area contributed by atoms with Crippen LogP contribution in [-0.2, 0) is 19.6 Å². The summed E-state index contributed by atoms with van der Waals surface area (Å²) in [5.41, 5.74) is 2.97. The lowest BCUT2D eigenvalue weighted by Crippen LogP contribution is -3.11. The first-order valence-corrected chi connectivity index (χ1v) is 7.40. The van der Waals surface area contributed by atoms with Crippen LogP contribution in [0.2, 0.25) is 0 Å². The summed E-state index contributed by atoms with van der Waals surface area (Å²) in [5, 5.41) is 5.52. The van der Waals surface area contributed by atoms with Gasteiger partial charge >= 0.3 is 0 Å². The molecule has 1 atom stereocenters. The minimum Gasteiger partial charge on any atom is -0.312 e. The van der Waals surface area contributed by atoms with Crippen molar-refractivity contribution in [3.63, 3.8) is 0 Å². The number of aryl methyl sites for hydroxylation is 1. The fourth-order valence-corrected chi connectivity index (χ4v) is 3.57. The van der Waals surface area contributed by atoms with Gasteiger partial charge in [0.25, 0.3) is 0 Å². The molecule has 0 spiro atoms. The van der Waals surface area contributed by atoms with Crippen LogP contribution in [-0.4, -0.2) is 16.3 Å². The van der Waals surface area contributed by atoms with E-state index in [4.69, 9.17) is 12.2 Å². The van der Waals surface area contributed by atoms with Crippen molar-refractivity contribution < 1.29 is 4.90 Å². The van der Waals surface area contributed by atoms with Crippen LogP contribution in [0.25, 0.3) is 0 Å². The summed E-state index contributed by atoms with van der Waals surface area (Å²) in [6, 6.07) is 8.73. The summed E-state index contributed by atoms with van der Waals surface area (Å²) < 4.78 is 2.86. The highest BCUT2D eigenvalue weighted by molar-refractivity contribution is 7.73. The Morgan fingerprint density at radius 1 is 1.39 bits per heavy atom. The van der Waals surface area contributed by atoms with Gasteiger partial charge in [0, 0.05) is 12.0 Å². The number of benzene rings is 1. The fourth-order valence-electron chi connectivity index (χ4n) is 2.50. The first-order valence-electron chi connectivity index (χ1n) is 6.17. The number of hydrogen-bond donors (Lipinski definition) is 1. The highest BCUT2D eigenvalue weighted by Crippen LogP contribution is 2.11. The molecule has 0 aliphatic carbocycles. The maximum atomic E-state index is 5.32. The van der Waals surface area contributed by atoms with Gasteiger partial charge in [0.2, 0.25) is 0 Å². The van der Waals surface area contributed by atoms with E-state index in [0.29, 0.717) is 0 Å². The van der Waals surface area contributed by atoms with E-state index in [-0.39, 0.29) is 0 Å². The van der Waals surface area contributed by atoms with Crippen molar-refractivity contribution in [2.45, 2.75) is 26.6 Å². The molecule has 1 aliphatic rings. The largest absolute Gasteiger partial charge is 0.312 e. The van der Waals surface area contributed by atoms with Crippen LogP contribution in [0.15, 0.2) is 24.3 Å². The van der Waals surface area contributed by atoms with Crippen LogP contribution in [0.5, 0.6) is 0 Å². The highest BCUT2D eigenvalue weighted by atomic mass is 32.1. The van der Waals surface area contributed by atoms with E-state index in [1.807, 2.05) is 11.6 Å². The zero-order valence-corrected chi connectivity index (χ0v) is 12.0. The topological polar surface area (TPSA) is 22.3 Å². The molecule has 2 aromatic rings. The number of aromatic nitrogens is 2. The number of quaternary nitrogens is 1. The zero-order valence-electron chi connectivity index (χ0n) is 10.3. The molecule has 94 valence electrons. The number of hydrogen-bond acceptors (Lipinski definition) is 3. The second-order valence-electron chi connectivity index (χ2n) is 4.74. The Balaban J connectivity index is 1.77. The van der Waals surface area contributed by atoms with Gasteiger partial charge in [-0.25, -0.2) is 0 Å². The van der Waals surface area contributed by atoms with Crippen LogP contribution < -0.4 is 4.90 Å². The lowest BCUT2D eigenvalue weighted by molar-refractivity contribution is -0.939. The van der Waals surface area contributed by atoms with E-state index in [1.165, 1.54) is 16.0 Å². The normalized spacial score (nSPS) is 18.6. The summed E-state index contributed by atoms with van der Waals surface area (Å²) in [5.74, 6) is 0. The Bertz CT molecular complexity index is 615. The van der Waals surface area contributed by atoms with Crippen molar-refractivity contribution in [1.82, 2.24) is 9.78 Å². The number of fused-ring (bicyclic) bond motifs is 1. The van der Waals surface area contributed by atoms with Gasteiger partial charge in [0.1, 0.15) is 11.6 Å². The summed E-state index contributed by atoms with van der Waals surface area (Å²) in [6.07, 6.45) is 1.15. The van der Waals surface area contributed by atoms with Crippen molar-refractivity contribution in [2.75, 3.05) is 6.54 Å². The Kier molecular flexibility index (Phi) is 3.28. The van der Waals surface area contributed by atoms with Crippen LogP contribution in [0.4, 0.5) is 0 Å². The minimum atomic E-state index is 0.886. The van der Waals surface area contributed by atoms with Gasteiger partial charge in [0.15, 0.2) is 10.6 Å². The zero-order chi connectivity index (χ0) is 12.5. The predicted octanol–water partition coefficient (Wildman–Crippen LogP) is 1.58. The maximum Gasteiger partial charge on any atom is 0.184 e. The summed E-state index contributed by atoms with van der Waals surface area (Å²) in [7, 11) is 0. The minimum absolute atomic E-state index is 0.886. The van der Waals surface area contributed by atoms with E-state index >= 15 is 0 Å². The standard InChI is InChI=1S/C13H15N3S2/c1-10-14-16(13(17)18-10)9-15-7-6-11-4-2-3-5-12(11)8-15/h2-5H,6-9H2,1H3/p+1. The second kappa shape index (κ2) is 4.91. The second-order valence-corrected chi connectivity index (χ2v) is 6.57. The lowest BCUT2D eigenvalue weighted by Gasteiger charge is -2.25. The molecule has 5 heteroatoms. The quantitative estimate of drug-likeness (QED) is 0.843. The molecule has 1 aromatic heterocycles. The van der Waals surface area contributed by atoms with Crippen LogP contribution in [0.3, 0.4) is 0 Å². The van der Waals surface area contributed by atoms with E-state index < -0.39 is 0 Å². The van der Waals surface area contributed by atoms with Gasteiger partial charge in [-0.05, 0) is 24.7 Å². The Morgan fingerprint density at radius 3 is 2.89 bits per heavy atom. The Hall–Kier alpha value is -1.04. The molecular formula is C13H16N3S2+. The van der Waals surface area contributed by atoms with E-state index in [0.717, 1.165) is 35.1 Å². The molecule has 3 rings (SSSR count). The number of nitrogens with one attached hydrogen (secondary N) is 1. The van der Waals surface area contributed by atoms with Crippen molar-refractivity contribution >= 4 is 23.6 Å². The Morgan fingerprint density at radius 2 is 2.17 bits per heavy atom.